The smallest absolute Gasteiger partial charge is 0.238 e. The van der Waals surface area contributed by atoms with Crippen molar-refractivity contribution in [1.29, 1.82) is 0 Å². The number of alkyl halides is 1. The van der Waals surface area contributed by atoms with Crippen LogP contribution in [-0.4, -0.2) is 23.4 Å². The van der Waals surface area contributed by atoms with E-state index in [2.05, 4.69) is 5.32 Å². The number of anilines is 2. The first-order valence-corrected chi connectivity index (χ1v) is 10.4. The van der Waals surface area contributed by atoms with Gasteiger partial charge in [-0.25, -0.2) is 0 Å². The third-order valence-electron chi connectivity index (χ3n) is 4.67. The minimum Gasteiger partial charge on any atom is -0.325 e. The zero-order valence-corrected chi connectivity index (χ0v) is 17.2. The summed E-state index contributed by atoms with van der Waals surface area (Å²) in [6, 6.07) is 15.5. The lowest BCUT2D eigenvalue weighted by Gasteiger charge is -2.28. The number of aryl methyl sites for hydroxylation is 1. The van der Waals surface area contributed by atoms with Gasteiger partial charge in [-0.15, -0.1) is 23.4 Å². The van der Waals surface area contributed by atoms with Crippen LogP contribution in [0.1, 0.15) is 30.3 Å². The summed E-state index contributed by atoms with van der Waals surface area (Å²) < 4.78 is 0. The molecule has 0 bridgehead atoms. The number of nitrogens with zero attached hydrogens (tertiary/aromatic N) is 1. The molecule has 0 spiro atoms. The van der Waals surface area contributed by atoms with Crippen molar-refractivity contribution in [1.82, 2.24) is 0 Å². The van der Waals surface area contributed by atoms with Crippen molar-refractivity contribution in [2.24, 2.45) is 5.41 Å². The standard InChI is InChI=1S/C21H23ClN2O2S/c1-14-8-4-7-11-17(14)24-18(25)12-27-19(24)15-9-5-6-10-16(15)23-20(26)21(2,3)13-22/h4-11,19H,12-13H2,1-3H3,(H,23,26)/t19-/m0/s1. The molecule has 2 aromatic rings. The Morgan fingerprint density at radius 3 is 2.59 bits per heavy atom. The highest BCUT2D eigenvalue weighted by molar-refractivity contribution is 8.00. The average Bonchev–Trinajstić information content (AvgIpc) is 3.03. The summed E-state index contributed by atoms with van der Waals surface area (Å²) in [6.07, 6.45) is 0. The van der Waals surface area contributed by atoms with Crippen LogP contribution < -0.4 is 10.2 Å². The first kappa shape index (κ1) is 19.8. The van der Waals surface area contributed by atoms with Gasteiger partial charge in [0.1, 0.15) is 5.37 Å². The van der Waals surface area contributed by atoms with Gasteiger partial charge in [-0.3, -0.25) is 14.5 Å². The maximum Gasteiger partial charge on any atom is 0.238 e. The van der Waals surface area contributed by atoms with Gasteiger partial charge < -0.3 is 5.32 Å². The lowest BCUT2D eigenvalue weighted by molar-refractivity contribution is -0.123. The Hall–Kier alpha value is -1.98. The Morgan fingerprint density at radius 1 is 1.22 bits per heavy atom. The topological polar surface area (TPSA) is 49.4 Å². The van der Waals surface area contributed by atoms with Crippen LogP contribution in [0.4, 0.5) is 11.4 Å². The molecule has 0 unspecified atom stereocenters. The van der Waals surface area contributed by atoms with Crippen LogP contribution in [0.5, 0.6) is 0 Å². The minimum absolute atomic E-state index is 0.0708. The molecule has 1 fully saturated rings. The van der Waals surface area contributed by atoms with Gasteiger partial charge in [0.25, 0.3) is 0 Å². The Morgan fingerprint density at radius 2 is 1.89 bits per heavy atom. The molecule has 1 atom stereocenters. The van der Waals surface area contributed by atoms with E-state index in [0.717, 1.165) is 16.8 Å². The summed E-state index contributed by atoms with van der Waals surface area (Å²) >= 11 is 7.51. The number of nitrogens with one attached hydrogen (secondary N) is 1. The van der Waals surface area contributed by atoms with E-state index in [4.69, 9.17) is 11.6 Å². The molecule has 0 radical (unpaired) electrons. The molecular weight excluding hydrogens is 380 g/mol. The molecule has 1 aliphatic heterocycles. The molecule has 3 rings (SSSR count). The number of carbonyl (C=O) groups excluding carboxylic acids is 2. The van der Waals surface area contributed by atoms with Crippen molar-refractivity contribution in [2.75, 3.05) is 21.8 Å². The van der Waals surface area contributed by atoms with Crippen molar-refractivity contribution >= 4 is 46.6 Å². The second kappa shape index (κ2) is 7.95. The Labute approximate surface area is 169 Å². The number of benzene rings is 2. The van der Waals surface area contributed by atoms with Crippen LogP contribution in [0.15, 0.2) is 48.5 Å². The molecule has 0 saturated carbocycles. The predicted molar refractivity (Wildman–Crippen MR) is 113 cm³/mol. The van der Waals surface area contributed by atoms with Crippen LogP contribution in [0.2, 0.25) is 0 Å². The molecule has 2 amide bonds. The van der Waals surface area contributed by atoms with E-state index in [1.807, 2.05) is 74.2 Å². The van der Waals surface area contributed by atoms with Crippen LogP contribution in [0, 0.1) is 12.3 Å². The zero-order valence-electron chi connectivity index (χ0n) is 15.7. The molecule has 0 aliphatic carbocycles. The average molecular weight is 403 g/mol. The first-order valence-electron chi connectivity index (χ1n) is 8.81. The van der Waals surface area contributed by atoms with Gasteiger partial charge in [0.15, 0.2) is 0 Å². The quantitative estimate of drug-likeness (QED) is 0.717. The predicted octanol–water partition coefficient (Wildman–Crippen LogP) is 4.98. The largest absolute Gasteiger partial charge is 0.325 e. The van der Waals surface area contributed by atoms with Crippen LogP contribution in [-0.2, 0) is 9.59 Å². The van der Waals surface area contributed by atoms with Gasteiger partial charge in [0.2, 0.25) is 11.8 Å². The number of amides is 2. The highest BCUT2D eigenvalue weighted by atomic mass is 35.5. The first-order chi connectivity index (χ1) is 12.8. The van der Waals surface area contributed by atoms with Gasteiger partial charge in [0.05, 0.1) is 11.2 Å². The van der Waals surface area contributed by atoms with Crippen molar-refractivity contribution in [2.45, 2.75) is 26.1 Å². The van der Waals surface area contributed by atoms with E-state index in [1.165, 1.54) is 0 Å². The molecule has 6 heteroatoms. The van der Waals surface area contributed by atoms with Crippen LogP contribution in [0.25, 0.3) is 0 Å². The third-order valence-corrected chi connectivity index (χ3v) is 6.53. The maximum atomic E-state index is 12.7. The third kappa shape index (κ3) is 3.99. The Kier molecular flexibility index (Phi) is 5.82. The number of rotatable bonds is 5. The molecule has 27 heavy (non-hydrogen) atoms. The number of carbonyl (C=O) groups is 2. The zero-order chi connectivity index (χ0) is 19.6. The van der Waals surface area contributed by atoms with Crippen LogP contribution in [0.3, 0.4) is 0 Å². The fraction of sp³-hybridized carbons (Fsp3) is 0.333. The fourth-order valence-electron chi connectivity index (χ4n) is 2.93. The highest BCUT2D eigenvalue weighted by Gasteiger charge is 2.36. The van der Waals surface area contributed by atoms with Crippen molar-refractivity contribution in [3.05, 3.63) is 59.7 Å². The number of hydrogen-bond donors (Lipinski definition) is 1. The van der Waals surface area contributed by atoms with Gasteiger partial charge in [-0.2, -0.15) is 0 Å². The lowest BCUT2D eigenvalue weighted by Crippen LogP contribution is -2.33. The number of para-hydroxylation sites is 2. The second-order valence-electron chi connectivity index (χ2n) is 7.27. The van der Waals surface area contributed by atoms with Crippen molar-refractivity contribution < 1.29 is 9.59 Å². The molecular formula is C21H23ClN2O2S. The molecule has 1 N–H and O–H groups in total. The van der Waals surface area contributed by atoms with E-state index >= 15 is 0 Å². The summed E-state index contributed by atoms with van der Waals surface area (Å²) in [6.45, 7) is 5.62. The summed E-state index contributed by atoms with van der Waals surface area (Å²) in [5.74, 6) is 0.574. The summed E-state index contributed by atoms with van der Waals surface area (Å²) in [7, 11) is 0. The highest BCUT2D eigenvalue weighted by Crippen LogP contribution is 2.45. The van der Waals surface area contributed by atoms with Gasteiger partial charge in [-0.1, -0.05) is 36.4 Å². The van der Waals surface area contributed by atoms with Gasteiger partial charge in [-0.05, 0) is 38.5 Å². The number of halogens is 1. The molecule has 142 valence electrons. The fourth-order valence-corrected chi connectivity index (χ4v) is 4.25. The van der Waals surface area contributed by atoms with Gasteiger partial charge in [0, 0.05) is 22.8 Å². The van der Waals surface area contributed by atoms with E-state index in [1.54, 1.807) is 11.8 Å². The monoisotopic (exact) mass is 402 g/mol. The maximum absolute atomic E-state index is 12.7. The van der Waals surface area contributed by atoms with E-state index in [9.17, 15) is 9.59 Å². The summed E-state index contributed by atoms with van der Waals surface area (Å²) in [4.78, 5) is 27.1. The number of thioether (sulfide) groups is 1. The SMILES string of the molecule is Cc1ccccc1N1C(=O)CS[C@H]1c1ccccc1NC(=O)C(C)(C)CCl. The Balaban J connectivity index is 1.98. The van der Waals surface area contributed by atoms with E-state index in [0.29, 0.717) is 11.4 Å². The molecule has 1 aliphatic rings. The Bertz CT molecular complexity index is 869. The van der Waals surface area contributed by atoms with E-state index in [-0.39, 0.29) is 23.1 Å². The molecule has 4 nitrogen and oxygen atoms in total. The summed E-state index contributed by atoms with van der Waals surface area (Å²) in [5, 5.41) is 2.82. The summed E-state index contributed by atoms with van der Waals surface area (Å²) in [5.41, 5.74) is 2.90. The molecule has 1 heterocycles. The molecule has 2 aromatic carbocycles. The minimum atomic E-state index is -0.678. The van der Waals surface area contributed by atoms with Gasteiger partial charge >= 0.3 is 0 Å². The van der Waals surface area contributed by atoms with Crippen molar-refractivity contribution in [3.63, 3.8) is 0 Å². The second-order valence-corrected chi connectivity index (χ2v) is 8.61. The number of hydrogen-bond acceptors (Lipinski definition) is 3. The van der Waals surface area contributed by atoms with Crippen LogP contribution >= 0.6 is 23.4 Å². The van der Waals surface area contributed by atoms with Crippen molar-refractivity contribution in [3.8, 4) is 0 Å². The van der Waals surface area contributed by atoms with E-state index < -0.39 is 5.41 Å². The normalized spacial score (nSPS) is 17.3. The molecule has 0 aromatic heterocycles. The molecule has 1 saturated heterocycles. The lowest BCUT2D eigenvalue weighted by atomic mass is 9.95.